The molecule has 0 heterocycles. The Kier molecular flexibility index (Phi) is 8.41. The number of rotatable bonds is 9. The minimum absolute atomic E-state index is 0.0200. The second-order valence-electron chi connectivity index (χ2n) is 8.27. The van der Waals surface area contributed by atoms with Crippen LogP contribution in [-0.2, 0) is 19.1 Å². The highest BCUT2D eigenvalue weighted by atomic mass is 16.5. The molecule has 0 aromatic rings. The molecule has 25 heavy (non-hydrogen) atoms. The highest BCUT2D eigenvalue weighted by Gasteiger charge is 2.34. The Morgan fingerprint density at radius 1 is 0.800 bits per heavy atom. The van der Waals surface area contributed by atoms with Crippen molar-refractivity contribution in [1.82, 2.24) is 0 Å². The second kappa shape index (κ2) is 10.3. The predicted octanol–water partition coefficient (Wildman–Crippen LogP) is 4.83. The maximum Gasteiger partial charge on any atom is 0.308 e. The molecule has 2 rings (SSSR count). The smallest absolute Gasteiger partial charge is 0.308 e. The molecule has 0 bridgehead atoms. The molecule has 2 aliphatic rings. The number of hydrogen-bond donors (Lipinski definition) is 0. The summed E-state index contributed by atoms with van der Waals surface area (Å²) in [7, 11) is 0. The van der Waals surface area contributed by atoms with Gasteiger partial charge in [0.05, 0.1) is 12.5 Å². The Labute approximate surface area is 153 Å². The van der Waals surface area contributed by atoms with Gasteiger partial charge in [0.25, 0.3) is 0 Å². The molecular weight excluding hydrogens is 316 g/mol. The molecule has 0 atom stereocenters. The SMILES string of the molecule is CC(C)(OCCCCOC(=O)C1CCCCC1)C(=O)C1CCCCC1. The van der Waals surface area contributed by atoms with Crippen LogP contribution in [0.1, 0.15) is 90.9 Å². The first-order chi connectivity index (χ1) is 12.0. The summed E-state index contributed by atoms with van der Waals surface area (Å²) >= 11 is 0. The van der Waals surface area contributed by atoms with Crippen LogP contribution in [-0.4, -0.2) is 30.6 Å². The fourth-order valence-corrected chi connectivity index (χ4v) is 4.09. The molecule has 0 radical (unpaired) electrons. The van der Waals surface area contributed by atoms with Gasteiger partial charge in [0, 0.05) is 12.5 Å². The van der Waals surface area contributed by atoms with E-state index in [-0.39, 0.29) is 23.6 Å². The van der Waals surface area contributed by atoms with Gasteiger partial charge in [-0.2, -0.15) is 0 Å². The lowest BCUT2D eigenvalue weighted by Crippen LogP contribution is -2.40. The number of ether oxygens (including phenoxy) is 2. The third-order valence-corrected chi connectivity index (χ3v) is 5.75. The Balaban J connectivity index is 1.56. The third kappa shape index (κ3) is 6.73. The highest BCUT2D eigenvalue weighted by Crippen LogP contribution is 2.29. The maximum absolute atomic E-state index is 12.6. The van der Waals surface area contributed by atoms with E-state index in [0.717, 1.165) is 51.4 Å². The molecule has 4 nitrogen and oxygen atoms in total. The molecule has 0 aliphatic heterocycles. The van der Waals surface area contributed by atoms with E-state index in [1.165, 1.54) is 25.7 Å². The van der Waals surface area contributed by atoms with E-state index in [4.69, 9.17) is 9.47 Å². The molecule has 2 fully saturated rings. The minimum Gasteiger partial charge on any atom is -0.465 e. The summed E-state index contributed by atoms with van der Waals surface area (Å²) in [5.41, 5.74) is -0.694. The van der Waals surface area contributed by atoms with E-state index in [1.54, 1.807) is 0 Å². The Morgan fingerprint density at radius 2 is 1.32 bits per heavy atom. The van der Waals surface area contributed by atoms with Gasteiger partial charge in [-0.3, -0.25) is 9.59 Å². The van der Waals surface area contributed by atoms with Crippen LogP contribution in [0.15, 0.2) is 0 Å². The lowest BCUT2D eigenvalue weighted by Gasteiger charge is -2.30. The monoisotopic (exact) mass is 352 g/mol. The van der Waals surface area contributed by atoms with Gasteiger partial charge in [-0.15, -0.1) is 0 Å². The van der Waals surface area contributed by atoms with Gasteiger partial charge in [0.2, 0.25) is 0 Å². The van der Waals surface area contributed by atoms with Crippen LogP contribution < -0.4 is 0 Å². The van der Waals surface area contributed by atoms with E-state index in [2.05, 4.69) is 0 Å². The number of Topliss-reactive ketones (excluding diaryl/α,β-unsaturated/α-hetero) is 1. The van der Waals surface area contributed by atoms with Gasteiger partial charge in [-0.05, 0) is 52.4 Å². The summed E-state index contributed by atoms with van der Waals surface area (Å²) in [4.78, 5) is 24.6. The fraction of sp³-hybridized carbons (Fsp3) is 0.905. The van der Waals surface area contributed by atoms with Crippen LogP contribution in [0, 0.1) is 11.8 Å². The van der Waals surface area contributed by atoms with Crippen molar-refractivity contribution in [3.63, 3.8) is 0 Å². The van der Waals surface area contributed by atoms with Crippen LogP contribution in [0.3, 0.4) is 0 Å². The van der Waals surface area contributed by atoms with Crippen LogP contribution in [0.4, 0.5) is 0 Å². The molecule has 2 saturated carbocycles. The molecular formula is C21H36O4. The second-order valence-corrected chi connectivity index (χ2v) is 8.27. The summed E-state index contributed by atoms with van der Waals surface area (Å²) in [5.74, 6) is 0.543. The number of esters is 1. The number of carbonyl (C=O) groups is 2. The van der Waals surface area contributed by atoms with Crippen LogP contribution in [0.5, 0.6) is 0 Å². The molecule has 0 N–H and O–H groups in total. The van der Waals surface area contributed by atoms with Crippen molar-refractivity contribution in [1.29, 1.82) is 0 Å². The van der Waals surface area contributed by atoms with Crippen LogP contribution >= 0.6 is 0 Å². The first-order valence-corrected chi connectivity index (χ1v) is 10.4. The zero-order valence-electron chi connectivity index (χ0n) is 16.2. The van der Waals surface area contributed by atoms with Crippen molar-refractivity contribution in [2.24, 2.45) is 11.8 Å². The van der Waals surface area contributed by atoms with Crippen molar-refractivity contribution in [3.05, 3.63) is 0 Å². The largest absolute Gasteiger partial charge is 0.465 e. The molecule has 0 aromatic heterocycles. The summed E-state index contributed by atoms with van der Waals surface area (Å²) < 4.78 is 11.3. The molecule has 0 unspecified atom stereocenters. The fourth-order valence-electron chi connectivity index (χ4n) is 4.09. The summed E-state index contributed by atoms with van der Waals surface area (Å²) in [6, 6.07) is 0. The average Bonchev–Trinajstić information content (AvgIpc) is 2.65. The van der Waals surface area contributed by atoms with Crippen LogP contribution in [0.25, 0.3) is 0 Å². The van der Waals surface area contributed by atoms with Crippen molar-refractivity contribution in [2.75, 3.05) is 13.2 Å². The standard InChI is InChI=1S/C21H36O4/c1-21(2,19(22)17-11-5-3-6-12-17)25-16-10-9-15-24-20(23)18-13-7-4-8-14-18/h17-18H,3-16H2,1-2H3. The van der Waals surface area contributed by atoms with E-state index in [9.17, 15) is 9.59 Å². The number of ketones is 1. The van der Waals surface area contributed by atoms with Crippen molar-refractivity contribution in [3.8, 4) is 0 Å². The molecule has 2 aliphatic carbocycles. The van der Waals surface area contributed by atoms with Crippen molar-refractivity contribution in [2.45, 2.75) is 96.5 Å². The zero-order chi connectivity index (χ0) is 18.1. The van der Waals surface area contributed by atoms with Gasteiger partial charge in [-0.1, -0.05) is 38.5 Å². The predicted molar refractivity (Wildman–Crippen MR) is 98.4 cm³/mol. The number of hydrogen-bond acceptors (Lipinski definition) is 4. The molecule has 0 amide bonds. The van der Waals surface area contributed by atoms with Crippen molar-refractivity contribution >= 4 is 11.8 Å². The number of unbranched alkanes of at least 4 members (excludes halogenated alkanes) is 1. The maximum atomic E-state index is 12.6. The minimum atomic E-state index is -0.694. The topological polar surface area (TPSA) is 52.6 Å². The number of carbonyl (C=O) groups excluding carboxylic acids is 2. The lowest BCUT2D eigenvalue weighted by molar-refractivity contribution is -0.150. The van der Waals surface area contributed by atoms with E-state index >= 15 is 0 Å². The summed E-state index contributed by atoms with van der Waals surface area (Å²) in [6.45, 7) is 4.81. The average molecular weight is 353 g/mol. The molecule has 0 spiro atoms. The normalized spacial score (nSPS) is 20.4. The lowest BCUT2D eigenvalue weighted by atomic mass is 9.81. The molecule has 0 aromatic carbocycles. The Morgan fingerprint density at radius 3 is 1.92 bits per heavy atom. The highest BCUT2D eigenvalue weighted by molar-refractivity contribution is 5.88. The molecule has 4 heteroatoms. The quantitative estimate of drug-likeness (QED) is 0.440. The van der Waals surface area contributed by atoms with E-state index < -0.39 is 5.60 Å². The molecule has 144 valence electrons. The van der Waals surface area contributed by atoms with Crippen molar-refractivity contribution < 1.29 is 19.1 Å². The van der Waals surface area contributed by atoms with Crippen LogP contribution in [0.2, 0.25) is 0 Å². The summed E-state index contributed by atoms with van der Waals surface area (Å²) in [6.07, 6.45) is 12.8. The molecule has 0 saturated heterocycles. The van der Waals surface area contributed by atoms with Gasteiger partial charge >= 0.3 is 5.97 Å². The summed E-state index contributed by atoms with van der Waals surface area (Å²) in [5, 5.41) is 0. The zero-order valence-corrected chi connectivity index (χ0v) is 16.2. The Bertz CT molecular complexity index is 418. The van der Waals surface area contributed by atoms with E-state index in [0.29, 0.717) is 13.2 Å². The van der Waals surface area contributed by atoms with Gasteiger partial charge in [0.1, 0.15) is 5.60 Å². The first kappa shape index (κ1) is 20.4. The van der Waals surface area contributed by atoms with Gasteiger partial charge in [-0.25, -0.2) is 0 Å². The van der Waals surface area contributed by atoms with Gasteiger partial charge < -0.3 is 9.47 Å². The van der Waals surface area contributed by atoms with Gasteiger partial charge in [0.15, 0.2) is 5.78 Å². The van der Waals surface area contributed by atoms with E-state index in [1.807, 2.05) is 13.8 Å². The first-order valence-electron chi connectivity index (χ1n) is 10.4. The Hall–Kier alpha value is -0.900. The third-order valence-electron chi connectivity index (χ3n) is 5.75.